The molecule has 0 aliphatic heterocycles. The number of oxime groups is 1. The summed E-state index contributed by atoms with van der Waals surface area (Å²) in [4.78, 5) is 19.7. The van der Waals surface area contributed by atoms with Crippen molar-refractivity contribution in [3.63, 3.8) is 0 Å². The second-order valence-corrected chi connectivity index (χ2v) is 1.42. The van der Waals surface area contributed by atoms with Gasteiger partial charge < -0.3 is 15.4 Å². The van der Waals surface area contributed by atoms with Crippen molar-refractivity contribution in [2.45, 2.75) is 6.42 Å². The third kappa shape index (κ3) is 2.65. The Labute approximate surface area is 55.4 Å². The molecule has 0 saturated heterocycles. The summed E-state index contributed by atoms with van der Waals surface area (Å²) >= 11 is 0. The van der Waals surface area contributed by atoms with E-state index in [1.165, 1.54) is 0 Å². The van der Waals surface area contributed by atoms with Gasteiger partial charge in [-0.25, -0.2) is 4.79 Å². The molecule has 0 aromatic heterocycles. The molecule has 0 unspecified atom stereocenters. The predicted octanol–water partition coefficient (Wildman–Crippen LogP) is -0.624. The number of carboxylic acid groups (broad SMARTS) is 2. The number of hydrogen-bond acceptors (Lipinski definition) is 4. The molecular formula is C4H5NO5. The Morgan fingerprint density at radius 3 is 1.90 bits per heavy atom. The van der Waals surface area contributed by atoms with Gasteiger partial charge in [0.2, 0.25) is 0 Å². The Bertz CT molecular complexity index is 184. The van der Waals surface area contributed by atoms with Crippen molar-refractivity contribution in [1.29, 1.82) is 0 Å². The molecule has 0 aromatic rings. The third-order valence-electron chi connectivity index (χ3n) is 0.686. The third-order valence-corrected chi connectivity index (χ3v) is 0.686. The molecule has 0 atom stereocenters. The molecule has 56 valence electrons. The van der Waals surface area contributed by atoms with Crippen molar-refractivity contribution in [2.24, 2.45) is 5.16 Å². The van der Waals surface area contributed by atoms with Gasteiger partial charge in [-0.2, -0.15) is 0 Å². The van der Waals surface area contributed by atoms with Crippen LogP contribution in [0.4, 0.5) is 0 Å². The molecule has 0 saturated carbocycles. The van der Waals surface area contributed by atoms with Crippen LogP contribution in [-0.2, 0) is 9.59 Å². The van der Waals surface area contributed by atoms with Gasteiger partial charge in [-0.15, -0.1) is 0 Å². The smallest absolute Gasteiger partial charge is 0.354 e. The molecule has 0 rings (SSSR count). The van der Waals surface area contributed by atoms with Crippen LogP contribution in [0.1, 0.15) is 6.42 Å². The molecule has 0 amide bonds. The Morgan fingerprint density at radius 1 is 1.30 bits per heavy atom. The van der Waals surface area contributed by atoms with Crippen molar-refractivity contribution in [2.75, 3.05) is 0 Å². The zero-order chi connectivity index (χ0) is 8.15. The Balaban J connectivity index is 4.12. The fourth-order valence-corrected chi connectivity index (χ4v) is 0.297. The van der Waals surface area contributed by atoms with E-state index in [9.17, 15) is 9.59 Å². The molecule has 0 heterocycles. The standard InChI is InChI=1S/C4H5NO5/c6-3(7)1-2(5-10)4(8)9/h10H,1H2,(H,6,7)(H,8,9). The second kappa shape index (κ2) is 3.44. The van der Waals surface area contributed by atoms with Gasteiger partial charge in [0.15, 0.2) is 5.71 Å². The van der Waals surface area contributed by atoms with E-state index in [1.807, 2.05) is 0 Å². The molecule has 0 spiro atoms. The second-order valence-electron chi connectivity index (χ2n) is 1.42. The summed E-state index contributed by atoms with van der Waals surface area (Å²) < 4.78 is 0. The van der Waals surface area contributed by atoms with Gasteiger partial charge in [-0.05, 0) is 0 Å². The summed E-state index contributed by atoms with van der Waals surface area (Å²) in [5.74, 6) is -2.89. The topological polar surface area (TPSA) is 107 Å². The summed E-state index contributed by atoms with van der Waals surface area (Å²) in [7, 11) is 0. The van der Waals surface area contributed by atoms with Crippen LogP contribution in [0.3, 0.4) is 0 Å². The van der Waals surface area contributed by atoms with Crippen molar-refractivity contribution >= 4 is 17.7 Å². The van der Waals surface area contributed by atoms with E-state index < -0.39 is 24.1 Å². The van der Waals surface area contributed by atoms with E-state index >= 15 is 0 Å². The highest BCUT2D eigenvalue weighted by Gasteiger charge is 2.13. The van der Waals surface area contributed by atoms with E-state index in [4.69, 9.17) is 15.4 Å². The SMILES string of the molecule is O=C(O)CC(=NO)C(=O)O. The van der Waals surface area contributed by atoms with E-state index in [-0.39, 0.29) is 0 Å². The highest BCUT2D eigenvalue weighted by molar-refractivity contribution is 6.38. The fourth-order valence-electron chi connectivity index (χ4n) is 0.297. The minimum absolute atomic E-state index is 0.785. The van der Waals surface area contributed by atoms with Crippen LogP contribution >= 0.6 is 0 Å². The zero-order valence-corrected chi connectivity index (χ0v) is 4.81. The van der Waals surface area contributed by atoms with Crippen LogP contribution in [0.15, 0.2) is 5.16 Å². The highest BCUT2D eigenvalue weighted by atomic mass is 16.4. The van der Waals surface area contributed by atoms with Gasteiger partial charge >= 0.3 is 11.9 Å². The van der Waals surface area contributed by atoms with Gasteiger partial charge in [-0.3, -0.25) is 4.79 Å². The number of carboxylic acids is 2. The first kappa shape index (κ1) is 8.41. The van der Waals surface area contributed by atoms with E-state index in [0.717, 1.165) is 0 Å². The lowest BCUT2D eigenvalue weighted by molar-refractivity contribution is -0.137. The predicted molar refractivity (Wildman–Crippen MR) is 29.1 cm³/mol. The minimum Gasteiger partial charge on any atom is -0.481 e. The quantitative estimate of drug-likeness (QED) is 0.280. The van der Waals surface area contributed by atoms with Crippen molar-refractivity contribution in [3.05, 3.63) is 0 Å². The summed E-state index contributed by atoms with van der Waals surface area (Å²) in [5.41, 5.74) is -0.785. The molecule has 0 bridgehead atoms. The average molecular weight is 147 g/mol. The Hall–Kier alpha value is -1.59. The van der Waals surface area contributed by atoms with Crippen molar-refractivity contribution < 1.29 is 25.0 Å². The molecule has 0 aliphatic carbocycles. The van der Waals surface area contributed by atoms with E-state index in [2.05, 4.69) is 5.16 Å². The first-order valence-corrected chi connectivity index (χ1v) is 2.24. The monoisotopic (exact) mass is 147 g/mol. The van der Waals surface area contributed by atoms with Gasteiger partial charge in [0.1, 0.15) is 0 Å². The molecule has 0 aliphatic rings. The normalized spacial score (nSPS) is 11.0. The summed E-state index contributed by atoms with van der Waals surface area (Å²) in [6.07, 6.45) is -0.786. The van der Waals surface area contributed by atoms with Crippen LogP contribution in [0.25, 0.3) is 0 Å². The zero-order valence-electron chi connectivity index (χ0n) is 4.81. The lowest BCUT2D eigenvalue weighted by Gasteiger charge is -1.90. The molecule has 6 nitrogen and oxygen atoms in total. The Morgan fingerprint density at radius 2 is 1.80 bits per heavy atom. The highest BCUT2D eigenvalue weighted by Crippen LogP contribution is 1.85. The van der Waals surface area contributed by atoms with Crippen LogP contribution < -0.4 is 0 Å². The number of nitrogens with zero attached hydrogens (tertiary/aromatic N) is 1. The van der Waals surface area contributed by atoms with Gasteiger partial charge in [0.25, 0.3) is 0 Å². The van der Waals surface area contributed by atoms with Crippen molar-refractivity contribution in [3.8, 4) is 0 Å². The van der Waals surface area contributed by atoms with E-state index in [0.29, 0.717) is 0 Å². The van der Waals surface area contributed by atoms with Crippen LogP contribution in [0.5, 0.6) is 0 Å². The number of aliphatic carboxylic acids is 2. The molecular weight excluding hydrogens is 142 g/mol. The molecule has 0 fully saturated rings. The molecule has 10 heavy (non-hydrogen) atoms. The largest absolute Gasteiger partial charge is 0.481 e. The summed E-state index contributed by atoms with van der Waals surface area (Å²) in [6.45, 7) is 0. The number of carbonyl (C=O) groups is 2. The lowest BCUT2D eigenvalue weighted by atomic mass is 10.3. The first-order chi connectivity index (χ1) is 4.57. The van der Waals surface area contributed by atoms with Gasteiger partial charge in [0, 0.05) is 0 Å². The molecule has 0 radical (unpaired) electrons. The first-order valence-electron chi connectivity index (χ1n) is 2.24. The fraction of sp³-hybridized carbons (Fsp3) is 0.250. The maximum absolute atomic E-state index is 9.91. The summed E-state index contributed by atoms with van der Waals surface area (Å²) in [5, 5.41) is 26.2. The molecule has 0 aromatic carbocycles. The number of hydrogen-bond donors (Lipinski definition) is 3. The van der Waals surface area contributed by atoms with Gasteiger partial charge in [-0.1, -0.05) is 5.16 Å². The maximum atomic E-state index is 9.91. The van der Waals surface area contributed by atoms with Crippen molar-refractivity contribution in [1.82, 2.24) is 0 Å². The minimum atomic E-state index is -1.54. The Kier molecular flexibility index (Phi) is 2.89. The van der Waals surface area contributed by atoms with Crippen LogP contribution in [-0.4, -0.2) is 33.1 Å². The average Bonchev–Trinajstić information content (AvgIpc) is 1.81. The van der Waals surface area contributed by atoms with E-state index in [1.54, 1.807) is 0 Å². The molecule has 6 heteroatoms. The van der Waals surface area contributed by atoms with Crippen LogP contribution in [0, 0.1) is 0 Å². The molecule has 3 N–H and O–H groups in total. The summed E-state index contributed by atoms with van der Waals surface area (Å²) in [6, 6.07) is 0. The number of rotatable bonds is 3. The maximum Gasteiger partial charge on any atom is 0.354 e. The lowest BCUT2D eigenvalue weighted by Crippen LogP contribution is -2.17. The van der Waals surface area contributed by atoms with Crippen LogP contribution in [0.2, 0.25) is 0 Å². The van der Waals surface area contributed by atoms with Gasteiger partial charge in [0.05, 0.1) is 6.42 Å².